The van der Waals surface area contributed by atoms with E-state index in [1.165, 1.54) is 5.56 Å². The lowest BCUT2D eigenvalue weighted by molar-refractivity contribution is 0.102. The first-order chi connectivity index (χ1) is 18.4. The highest BCUT2D eigenvalue weighted by Gasteiger charge is 2.17. The Kier molecular flexibility index (Phi) is 7.28. The van der Waals surface area contributed by atoms with Crippen LogP contribution in [0, 0.1) is 0 Å². The van der Waals surface area contributed by atoms with Crippen LogP contribution in [0.4, 0.5) is 16.3 Å². The third-order valence-electron chi connectivity index (χ3n) is 6.87. The van der Waals surface area contributed by atoms with Crippen molar-refractivity contribution in [3.63, 3.8) is 0 Å². The van der Waals surface area contributed by atoms with Gasteiger partial charge in [0.05, 0.1) is 11.2 Å². The zero-order valence-corrected chi connectivity index (χ0v) is 21.8. The van der Waals surface area contributed by atoms with Gasteiger partial charge in [-0.25, -0.2) is 9.78 Å². The highest BCUT2D eigenvalue weighted by molar-refractivity contribution is 6.03. The summed E-state index contributed by atoms with van der Waals surface area (Å²) in [6.07, 6.45) is 5.56. The summed E-state index contributed by atoms with van der Waals surface area (Å²) in [5.41, 5.74) is 3.43. The topological polar surface area (TPSA) is 101 Å². The van der Waals surface area contributed by atoms with Gasteiger partial charge in [-0.2, -0.15) is 0 Å². The van der Waals surface area contributed by atoms with Crippen molar-refractivity contribution in [2.24, 2.45) is 0 Å². The number of piperidine rings is 1. The molecule has 2 amide bonds. The van der Waals surface area contributed by atoms with Crippen LogP contribution in [0.3, 0.4) is 0 Å². The summed E-state index contributed by atoms with van der Waals surface area (Å²) in [6.45, 7) is 2.06. The van der Waals surface area contributed by atoms with Crippen LogP contribution in [0.1, 0.15) is 34.7 Å². The van der Waals surface area contributed by atoms with Gasteiger partial charge < -0.3 is 25.6 Å². The van der Waals surface area contributed by atoms with Crippen LogP contribution >= 0.6 is 0 Å². The van der Waals surface area contributed by atoms with Crippen molar-refractivity contribution >= 4 is 34.3 Å². The molecule has 9 nitrogen and oxygen atoms in total. The Hall–Kier alpha value is -4.37. The number of fused-ring (bicyclic) bond motifs is 1. The van der Waals surface area contributed by atoms with E-state index in [1.807, 2.05) is 61.5 Å². The fourth-order valence-electron chi connectivity index (χ4n) is 4.80. The Labute approximate surface area is 221 Å². The van der Waals surface area contributed by atoms with Crippen LogP contribution < -0.4 is 25.6 Å². The van der Waals surface area contributed by atoms with E-state index in [1.54, 1.807) is 36.1 Å². The summed E-state index contributed by atoms with van der Waals surface area (Å²) in [4.78, 5) is 31.3. The number of hydrogen-bond donors (Lipinski definition) is 3. The van der Waals surface area contributed by atoms with Crippen molar-refractivity contribution < 1.29 is 14.3 Å². The van der Waals surface area contributed by atoms with Gasteiger partial charge in [0, 0.05) is 50.6 Å². The molecule has 4 aromatic rings. The van der Waals surface area contributed by atoms with Crippen molar-refractivity contribution in [1.29, 1.82) is 0 Å². The largest absolute Gasteiger partial charge is 0.455 e. The second-order valence-electron chi connectivity index (χ2n) is 9.59. The van der Waals surface area contributed by atoms with E-state index < -0.39 is 0 Å². The van der Waals surface area contributed by atoms with Crippen molar-refractivity contribution in [3.05, 3.63) is 78.1 Å². The maximum Gasteiger partial charge on any atom is 0.325 e. The predicted octanol–water partition coefficient (Wildman–Crippen LogP) is 4.80. The molecule has 1 aliphatic heterocycles. The summed E-state index contributed by atoms with van der Waals surface area (Å²) < 4.78 is 7.80. The van der Waals surface area contributed by atoms with Gasteiger partial charge in [0.15, 0.2) is 5.75 Å². The minimum Gasteiger partial charge on any atom is -0.455 e. The second kappa shape index (κ2) is 10.9. The zero-order chi connectivity index (χ0) is 26.6. The van der Waals surface area contributed by atoms with E-state index in [4.69, 9.17) is 4.74 Å². The number of aromatic nitrogens is 2. The molecular weight excluding hydrogens is 480 g/mol. The van der Waals surface area contributed by atoms with E-state index in [-0.39, 0.29) is 11.9 Å². The third kappa shape index (κ3) is 5.33. The summed E-state index contributed by atoms with van der Waals surface area (Å²) >= 11 is 0. The molecule has 38 heavy (non-hydrogen) atoms. The summed E-state index contributed by atoms with van der Waals surface area (Å²) in [5.74, 6) is 1.86. The smallest absolute Gasteiger partial charge is 0.325 e. The van der Waals surface area contributed by atoms with Crippen molar-refractivity contribution in [2.45, 2.75) is 18.8 Å². The molecule has 0 unspecified atom stereocenters. The molecule has 2 aromatic carbocycles. The number of pyridine rings is 1. The van der Waals surface area contributed by atoms with Gasteiger partial charge in [-0.1, -0.05) is 12.1 Å². The molecule has 0 radical (unpaired) electrons. The minimum absolute atomic E-state index is 0.214. The van der Waals surface area contributed by atoms with Gasteiger partial charge >= 0.3 is 6.03 Å². The Morgan fingerprint density at radius 3 is 2.53 bits per heavy atom. The fraction of sp³-hybridized carbons (Fsp3) is 0.276. The lowest BCUT2D eigenvalue weighted by atomic mass is 9.90. The van der Waals surface area contributed by atoms with Crippen LogP contribution in [-0.4, -0.2) is 55.7 Å². The van der Waals surface area contributed by atoms with E-state index in [2.05, 4.69) is 20.9 Å². The molecular formula is C29H32N6O3. The van der Waals surface area contributed by atoms with Crippen molar-refractivity contribution in [1.82, 2.24) is 20.2 Å². The van der Waals surface area contributed by atoms with E-state index >= 15 is 0 Å². The van der Waals surface area contributed by atoms with Crippen LogP contribution in [0.15, 0.2) is 67.0 Å². The van der Waals surface area contributed by atoms with Crippen LogP contribution in [0.5, 0.6) is 11.5 Å². The molecule has 3 heterocycles. The van der Waals surface area contributed by atoms with E-state index in [0.29, 0.717) is 28.8 Å². The quantitative estimate of drug-likeness (QED) is 0.343. The number of benzene rings is 2. The second-order valence-corrected chi connectivity index (χ2v) is 9.59. The van der Waals surface area contributed by atoms with Crippen LogP contribution in [0.2, 0.25) is 0 Å². The van der Waals surface area contributed by atoms with Crippen molar-refractivity contribution in [3.8, 4) is 11.5 Å². The van der Waals surface area contributed by atoms with Gasteiger partial charge in [-0.3, -0.25) is 9.36 Å². The van der Waals surface area contributed by atoms with Gasteiger partial charge in [-0.05, 0) is 73.8 Å². The fourth-order valence-corrected chi connectivity index (χ4v) is 4.80. The summed E-state index contributed by atoms with van der Waals surface area (Å²) in [6, 6.07) is 16.7. The normalized spacial score (nSPS) is 13.8. The number of nitrogens with one attached hydrogen (secondary N) is 3. The maximum absolute atomic E-state index is 12.9. The Bertz CT molecular complexity index is 1460. The Morgan fingerprint density at radius 1 is 1.05 bits per heavy atom. The first-order valence-corrected chi connectivity index (χ1v) is 12.7. The molecule has 0 aliphatic carbocycles. The molecule has 0 bridgehead atoms. The highest BCUT2D eigenvalue weighted by Crippen LogP contribution is 2.36. The molecule has 2 aromatic heterocycles. The number of nitrogens with zero attached hydrogens (tertiary/aromatic N) is 3. The molecule has 5 rings (SSSR count). The molecule has 0 atom stereocenters. The number of ether oxygens (including phenoxy) is 1. The maximum atomic E-state index is 12.9. The van der Waals surface area contributed by atoms with Crippen LogP contribution in [-0.2, 0) is 0 Å². The van der Waals surface area contributed by atoms with Gasteiger partial charge in [0.1, 0.15) is 11.6 Å². The highest BCUT2D eigenvalue weighted by atomic mass is 16.5. The number of amides is 2. The minimum atomic E-state index is -0.225. The van der Waals surface area contributed by atoms with Crippen LogP contribution in [0.25, 0.3) is 10.9 Å². The van der Waals surface area contributed by atoms with Gasteiger partial charge in [-0.15, -0.1) is 0 Å². The molecule has 1 fully saturated rings. The summed E-state index contributed by atoms with van der Waals surface area (Å²) in [7, 11) is 5.43. The number of rotatable bonds is 6. The first kappa shape index (κ1) is 25.3. The number of hydrogen-bond acceptors (Lipinski definition) is 6. The molecule has 1 saturated heterocycles. The molecule has 196 valence electrons. The number of carbonyl (C=O) groups excluding carboxylic acids is 2. The zero-order valence-electron chi connectivity index (χ0n) is 21.8. The molecule has 3 N–H and O–H groups in total. The third-order valence-corrected chi connectivity index (χ3v) is 6.87. The monoisotopic (exact) mass is 512 g/mol. The lowest BCUT2D eigenvalue weighted by Crippen LogP contribution is -2.26. The first-order valence-electron chi connectivity index (χ1n) is 12.7. The average molecular weight is 513 g/mol. The summed E-state index contributed by atoms with van der Waals surface area (Å²) in [5, 5.41) is 9.77. The number of anilines is 2. The number of carbonyl (C=O) groups is 2. The molecule has 0 spiro atoms. The molecule has 9 heteroatoms. The molecule has 0 saturated carbocycles. The average Bonchev–Trinajstić information content (AvgIpc) is 3.35. The van der Waals surface area contributed by atoms with Crippen molar-refractivity contribution in [2.75, 3.05) is 44.4 Å². The Balaban J connectivity index is 1.33. The SMILES string of the molecule is CNC(=O)n1ccc2cc(Oc3ccnc(NC(=O)c4ccc(C5CCNCC5)cc4)c3)c(N(C)C)cc21. The van der Waals surface area contributed by atoms with Gasteiger partial charge in [0.25, 0.3) is 5.91 Å². The Morgan fingerprint density at radius 2 is 1.82 bits per heavy atom. The van der Waals surface area contributed by atoms with E-state index in [0.717, 1.165) is 42.5 Å². The van der Waals surface area contributed by atoms with Gasteiger partial charge in [0.2, 0.25) is 0 Å². The van der Waals surface area contributed by atoms with E-state index in [9.17, 15) is 9.59 Å². The predicted molar refractivity (Wildman–Crippen MR) is 150 cm³/mol. The molecule has 1 aliphatic rings. The lowest BCUT2D eigenvalue weighted by Gasteiger charge is -2.23. The standard InChI is InChI=1S/C29H32N6O3/c1-30-29(37)35-15-11-22-16-26(25(34(2)3)18-24(22)35)38-23-10-14-32-27(17-23)33-28(36)21-6-4-19(5-7-21)20-8-12-31-13-9-20/h4-7,10-11,14-18,20,31H,8-9,12-13H2,1-3H3,(H,30,37)(H,32,33,36).